The Hall–Kier alpha value is -2.19. The summed E-state index contributed by atoms with van der Waals surface area (Å²) in [7, 11) is 0. The number of anilines is 2. The molecule has 4 atom stereocenters. The monoisotopic (exact) mass is 396 g/mol. The predicted octanol–water partition coefficient (Wildman–Crippen LogP) is 3.32. The van der Waals surface area contributed by atoms with Gasteiger partial charge in [-0.25, -0.2) is 4.52 Å². The van der Waals surface area contributed by atoms with Gasteiger partial charge in [0.1, 0.15) is 0 Å². The van der Waals surface area contributed by atoms with Gasteiger partial charge in [0.25, 0.3) is 0 Å². The Kier molecular flexibility index (Phi) is 3.13. The third kappa shape index (κ3) is 2.40. The first-order valence-electron chi connectivity index (χ1n) is 9.91. The van der Waals surface area contributed by atoms with Crippen LogP contribution in [0.5, 0.6) is 0 Å². The number of aliphatic hydroxyl groups is 1. The van der Waals surface area contributed by atoms with Crippen LogP contribution in [-0.4, -0.2) is 36.1 Å². The van der Waals surface area contributed by atoms with Crippen LogP contribution < -0.4 is 11.1 Å². The normalized spacial score (nSPS) is 36.3. The van der Waals surface area contributed by atoms with Crippen LogP contribution in [-0.2, 0) is 0 Å². The number of nitrogens with two attached hydrogens (primary N) is 1. The maximum Gasteiger partial charge on any atom is 0.203 e. The van der Waals surface area contributed by atoms with Gasteiger partial charge in [-0.15, -0.1) is 10.2 Å². The lowest BCUT2D eigenvalue weighted by atomic mass is 9.46. The first-order valence-corrected chi connectivity index (χ1v) is 10.7. The van der Waals surface area contributed by atoms with Crippen molar-refractivity contribution >= 4 is 27.7 Å². The number of nitrogens with zero attached hydrogens (tertiary/aromatic N) is 4. The lowest BCUT2D eigenvalue weighted by Crippen LogP contribution is -2.65. The van der Waals surface area contributed by atoms with Gasteiger partial charge in [-0.05, 0) is 62.0 Å². The zero-order valence-electron chi connectivity index (χ0n) is 15.9. The molecule has 0 aromatic carbocycles. The largest absolute Gasteiger partial charge is 0.390 e. The van der Waals surface area contributed by atoms with Crippen LogP contribution in [0.4, 0.5) is 10.8 Å². The quantitative estimate of drug-likeness (QED) is 0.628. The van der Waals surface area contributed by atoms with Gasteiger partial charge in [0.2, 0.25) is 5.13 Å². The topological polar surface area (TPSA) is 101 Å². The summed E-state index contributed by atoms with van der Waals surface area (Å²) in [5, 5.41) is 29.2. The zero-order chi connectivity index (χ0) is 19.1. The second-order valence-corrected chi connectivity index (χ2v) is 10.7. The van der Waals surface area contributed by atoms with Crippen LogP contribution in [0.1, 0.15) is 45.4 Å². The Morgan fingerprint density at radius 3 is 2.89 bits per heavy atom. The first kappa shape index (κ1) is 16.7. The maximum atomic E-state index is 11.3. The SMILES string of the molecule is C[C@]12C[C@H]3CC(O)(CC(Nc4c(-c5nnc(N)s5)cnn5cccc45)(C3)C1)C2. The summed E-state index contributed by atoms with van der Waals surface area (Å²) in [5.74, 6) is 0.587. The van der Waals surface area contributed by atoms with Crippen LogP contribution in [0, 0.1) is 11.3 Å². The molecule has 0 radical (unpaired) electrons. The third-order valence-electron chi connectivity index (χ3n) is 6.94. The lowest BCUT2D eigenvalue weighted by Gasteiger charge is -2.64. The Bertz CT molecular complexity index is 1070. The van der Waals surface area contributed by atoms with E-state index in [1.165, 1.54) is 17.8 Å². The molecule has 7 rings (SSSR count). The third-order valence-corrected chi connectivity index (χ3v) is 7.73. The lowest BCUT2D eigenvalue weighted by molar-refractivity contribution is -0.160. The fourth-order valence-corrected chi connectivity index (χ4v) is 7.53. The molecule has 0 aliphatic heterocycles. The molecule has 0 spiro atoms. The minimum Gasteiger partial charge on any atom is -0.390 e. The van der Waals surface area contributed by atoms with Crippen LogP contribution in [0.3, 0.4) is 0 Å². The predicted molar refractivity (Wildman–Crippen MR) is 109 cm³/mol. The molecule has 2 unspecified atom stereocenters. The second-order valence-electron chi connectivity index (χ2n) is 9.67. The highest BCUT2D eigenvalue weighted by Crippen LogP contribution is 2.63. The molecule has 28 heavy (non-hydrogen) atoms. The Morgan fingerprint density at radius 1 is 1.25 bits per heavy atom. The average Bonchev–Trinajstić information content (AvgIpc) is 3.20. The van der Waals surface area contributed by atoms with Gasteiger partial charge in [-0.3, -0.25) is 0 Å². The highest BCUT2D eigenvalue weighted by atomic mass is 32.1. The van der Waals surface area contributed by atoms with Crippen molar-refractivity contribution in [1.29, 1.82) is 0 Å². The number of hydrogen-bond donors (Lipinski definition) is 3. The molecule has 4 fully saturated rings. The molecule has 3 aromatic rings. The number of rotatable bonds is 3. The molecular weight excluding hydrogens is 372 g/mol. The van der Waals surface area contributed by atoms with Gasteiger partial charge < -0.3 is 16.2 Å². The van der Waals surface area contributed by atoms with E-state index in [-0.39, 0.29) is 11.0 Å². The summed E-state index contributed by atoms with van der Waals surface area (Å²) >= 11 is 1.37. The van der Waals surface area contributed by atoms with E-state index in [4.69, 9.17) is 5.73 Å². The first-order chi connectivity index (χ1) is 13.3. The van der Waals surface area contributed by atoms with Gasteiger partial charge in [-0.1, -0.05) is 18.3 Å². The van der Waals surface area contributed by atoms with E-state index >= 15 is 0 Å². The number of hydrogen-bond acceptors (Lipinski definition) is 7. The summed E-state index contributed by atoms with van der Waals surface area (Å²) in [5.41, 5.74) is 8.37. The molecular formula is C20H24N6OS. The number of aromatic nitrogens is 4. The summed E-state index contributed by atoms with van der Waals surface area (Å²) in [4.78, 5) is 0. The molecule has 4 saturated carbocycles. The van der Waals surface area contributed by atoms with Crippen LogP contribution in [0.25, 0.3) is 16.1 Å². The summed E-state index contributed by atoms with van der Waals surface area (Å²) in [6, 6.07) is 4.07. The van der Waals surface area contributed by atoms with E-state index in [9.17, 15) is 5.11 Å². The molecule has 4 aliphatic rings. The highest BCUT2D eigenvalue weighted by molar-refractivity contribution is 7.18. The smallest absolute Gasteiger partial charge is 0.203 e. The van der Waals surface area contributed by atoms with E-state index in [1.807, 2.05) is 23.0 Å². The van der Waals surface area contributed by atoms with Gasteiger partial charge in [0.15, 0.2) is 5.01 Å². The van der Waals surface area contributed by atoms with E-state index in [0.717, 1.165) is 53.9 Å². The van der Waals surface area contributed by atoms with Gasteiger partial charge in [-0.2, -0.15) is 5.10 Å². The standard InChI is InChI=1S/C20H24N6OS/c1-18-5-12-6-19(9-18,11-20(27,7-12)10-18)23-15-13(16-24-25-17(21)28-16)8-22-26-4-2-3-14(15)26/h2-4,8,12,23,27H,5-7,9-11H2,1H3,(H2,21,25)/t12-,18+,19?,20?/m1/s1. The van der Waals surface area contributed by atoms with Crippen LogP contribution in [0.2, 0.25) is 0 Å². The average molecular weight is 397 g/mol. The molecule has 3 aromatic heterocycles. The maximum absolute atomic E-state index is 11.3. The van der Waals surface area contributed by atoms with Crippen LogP contribution in [0.15, 0.2) is 24.5 Å². The summed E-state index contributed by atoms with van der Waals surface area (Å²) in [6.45, 7) is 2.35. The molecule has 7 nitrogen and oxygen atoms in total. The van der Waals surface area contributed by atoms with Crippen molar-refractivity contribution in [3.05, 3.63) is 24.5 Å². The van der Waals surface area contributed by atoms with Gasteiger partial charge >= 0.3 is 0 Å². The molecule has 3 heterocycles. The minimum atomic E-state index is -0.542. The molecule has 4 bridgehead atoms. The fraction of sp³-hybridized carbons (Fsp3) is 0.550. The number of nitrogens with one attached hydrogen (secondary N) is 1. The second kappa shape index (κ2) is 5.24. The van der Waals surface area contributed by atoms with Crippen molar-refractivity contribution < 1.29 is 5.11 Å². The Balaban J connectivity index is 1.49. The van der Waals surface area contributed by atoms with Crippen molar-refractivity contribution in [1.82, 2.24) is 19.8 Å². The Morgan fingerprint density at radius 2 is 2.14 bits per heavy atom. The van der Waals surface area contributed by atoms with Crippen LogP contribution >= 0.6 is 11.3 Å². The van der Waals surface area contributed by atoms with Crippen molar-refractivity contribution in [2.75, 3.05) is 11.1 Å². The molecule has 4 N–H and O–H groups in total. The van der Waals surface area contributed by atoms with E-state index in [2.05, 4.69) is 33.6 Å². The number of nitrogen functional groups attached to an aromatic ring is 1. The van der Waals surface area contributed by atoms with Crippen molar-refractivity contribution in [3.63, 3.8) is 0 Å². The molecule has 4 aliphatic carbocycles. The summed E-state index contributed by atoms with van der Waals surface area (Å²) < 4.78 is 1.88. The van der Waals surface area contributed by atoms with Crippen molar-refractivity contribution in [3.8, 4) is 10.6 Å². The van der Waals surface area contributed by atoms with Crippen molar-refractivity contribution in [2.24, 2.45) is 11.3 Å². The molecule has 0 saturated heterocycles. The fourth-order valence-electron chi connectivity index (χ4n) is 6.90. The molecule has 8 heteroatoms. The highest BCUT2D eigenvalue weighted by Gasteiger charge is 2.61. The van der Waals surface area contributed by atoms with Gasteiger partial charge in [0.05, 0.1) is 28.6 Å². The van der Waals surface area contributed by atoms with E-state index in [1.54, 1.807) is 0 Å². The molecule has 146 valence electrons. The minimum absolute atomic E-state index is 0.0972. The zero-order valence-corrected chi connectivity index (χ0v) is 16.7. The molecule has 0 amide bonds. The van der Waals surface area contributed by atoms with E-state index < -0.39 is 5.60 Å². The van der Waals surface area contributed by atoms with Crippen molar-refractivity contribution in [2.45, 2.75) is 56.6 Å². The van der Waals surface area contributed by atoms with Gasteiger partial charge in [0, 0.05) is 11.7 Å². The summed E-state index contributed by atoms with van der Waals surface area (Å²) in [6.07, 6.45) is 9.90. The van der Waals surface area contributed by atoms with E-state index in [0.29, 0.717) is 11.0 Å². The number of fused-ring (bicyclic) bond motifs is 1. The Labute approximate surface area is 167 Å².